The molecule has 0 saturated carbocycles. The summed E-state index contributed by atoms with van der Waals surface area (Å²) < 4.78 is 1.40. The van der Waals surface area contributed by atoms with Crippen LogP contribution in [0.15, 0.2) is 29.2 Å². The van der Waals surface area contributed by atoms with Gasteiger partial charge in [0.1, 0.15) is 6.54 Å². The number of nitrogens with one attached hydrogen (secondary N) is 1. The zero-order valence-electron chi connectivity index (χ0n) is 10.5. The Hall–Kier alpha value is -1.58. The predicted molar refractivity (Wildman–Crippen MR) is 67.8 cm³/mol. The van der Waals surface area contributed by atoms with Crippen LogP contribution < -0.4 is 10.9 Å². The van der Waals surface area contributed by atoms with Crippen LogP contribution in [0.25, 0.3) is 0 Å². The fourth-order valence-corrected chi connectivity index (χ4v) is 1.54. The average Bonchev–Trinajstić information content (AvgIpc) is 2.27. The van der Waals surface area contributed by atoms with E-state index in [2.05, 4.69) is 19.2 Å². The molecule has 1 aromatic rings. The van der Waals surface area contributed by atoms with Crippen LogP contribution in [-0.4, -0.2) is 17.0 Å². The van der Waals surface area contributed by atoms with Crippen LogP contribution in [0.1, 0.15) is 26.7 Å². The molecular formula is C13H20N2O2. The Morgan fingerprint density at radius 1 is 1.41 bits per heavy atom. The number of pyridine rings is 1. The lowest BCUT2D eigenvalue weighted by Gasteiger charge is -2.08. The lowest BCUT2D eigenvalue weighted by atomic mass is 10.1. The van der Waals surface area contributed by atoms with Crippen LogP contribution in [0, 0.1) is 5.92 Å². The van der Waals surface area contributed by atoms with Crippen molar-refractivity contribution >= 4 is 5.91 Å². The quantitative estimate of drug-likeness (QED) is 0.759. The van der Waals surface area contributed by atoms with Crippen molar-refractivity contribution in [3.63, 3.8) is 0 Å². The van der Waals surface area contributed by atoms with Crippen molar-refractivity contribution in [2.75, 3.05) is 6.54 Å². The third-order valence-electron chi connectivity index (χ3n) is 2.49. The van der Waals surface area contributed by atoms with Crippen molar-refractivity contribution in [2.45, 2.75) is 33.2 Å². The molecule has 4 heteroatoms. The SMILES string of the molecule is CC(C)CCCNC(=O)Cn1ccccc1=O. The summed E-state index contributed by atoms with van der Waals surface area (Å²) in [7, 11) is 0. The first kappa shape index (κ1) is 13.5. The Kier molecular flexibility index (Phi) is 5.46. The number of carbonyl (C=O) groups excluding carboxylic acids is 1. The average molecular weight is 236 g/mol. The summed E-state index contributed by atoms with van der Waals surface area (Å²) in [5.41, 5.74) is -0.148. The van der Waals surface area contributed by atoms with Gasteiger partial charge in [-0.05, 0) is 24.8 Å². The Balaban J connectivity index is 2.31. The van der Waals surface area contributed by atoms with Gasteiger partial charge < -0.3 is 9.88 Å². The maximum atomic E-state index is 11.5. The van der Waals surface area contributed by atoms with Crippen molar-refractivity contribution in [3.8, 4) is 0 Å². The highest BCUT2D eigenvalue weighted by Gasteiger charge is 2.03. The molecule has 1 N–H and O–H groups in total. The van der Waals surface area contributed by atoms with Crippen molar-refractivity contribution in [1.29, 1.82) is 0 Å². The molecule has 0 spiro atoms. The molecule has 1 amide bonds. The van der Waals surface area contributed by atoms with E-state index in [1.165, 1.54) is 10.6 Å². The summed E-state index contributed by atoms with van der Waals surface area (Å²) in [5, 5.41) is 2.82. The Morgan fingerprint density at radius 2 is 2.18 bits per heavy atom. The highest BCUT2D eigenvalue weighted by atomic mass is 16.2. The van der Waals surface area contributed by atoms with E-state index < -0.39 is 0 Å². The van der Waals surface area contributed by atoms with Gasteiger partial charge in [-0.2, -0.15) is 0 Å². The summed E-state index contributed by atoms with van der Waals surface area (Å²) in [6.45, 7) is 5.09. The molecule has 94 valence electrons. The van der Waals surface area contributed by atoms with E-state index in [1.807, 2.05) is 0 Å². The second-order valence-electron chi connectivity index (χ2n) is 4.55. The molecule has 0 aliphatic heterocycles. The van der Waals surface area contributed by atoms with Gasteiger partial charge in [-0.25, -0.2) is 0 Å². The molecule has 0 radical (unpaired) electrons. The maximum Gasteiger partial charge on any atom is 0.250 e. The molecule has 0 fully saturated rings. The second-order valence-corrected chi connectivity index (χ2v) is 4.55. The summed E-state index contributed by atoms with van der Waals surface area (Å²) in [5.74, 6) is 0.547. The standard InChI is InChI=1S/C13H20N2O2/c1-11(2)6-5-8-14-12(16)10-15-9-4-3-7-13(15)17/h3-4,7,9,11H,5-6,8,10H2,1-2H3,(H,14,16). The number of amides is 1. The van der Waals surface area contributed by atoms with Gasteiger partial charge in [0, 0.05) is 18.8 Å². The first-order valence-electron chi connectivity index (χ1n) is 6.02. The van der Waals surface area contributed by atoms with E-state index in [-0.39, 0.29) is 18.0 Å². The summed E-state index contributed by atoms with van der Waals surface area (Å²) >= 11 is 0. The number of hydrogen-bond acceptors (Lipinski definition) is 2. The number of nitrogens with zero attached hydrogens (tertiary/aromatic N) is 1. The van der Waals surface area contributed by atoms with Gasteiger partial charge in [0.2, 0.25) is 5.91 Å². The van der Waals surface area contributed by atoms with Gasteiger partial charge in [-0.3, -0.25) is 9.59 Å². The van der Waals surface area contributed by atoms with Crippen molar-refractivity contribution in [3.05, 3.63) is 34.7 Å². The molecule has 0 aliphatic rings. The third kappa shape index (κ3) is 5.33. The number of carbonyl (C=O) groups is 1. The molecule has 0 aromatic carbocycles. The fourth-order valence-electron chi connectivity index (χ4n) is 1.54. The first-order chi connectivity index (χ1) is 8.09. The van der Waals surface area contributed by atoms with Crippen LogP contribution in [0.5, 0.6) is 0 Å². The molecule has 4 nitrogen and oxygen atoms in total. The van der Waals surface area contributed by atoms with Gasteiger partial charge in [0.05, 0.1) is 0 Å². The lowest BCUT2D eigenvalue weighted by Crippen LogP contribution is -2.32. The minimum Gasteiger partial charge on any atom is -0.355 e. The molecule has 0 unspecified atom stereocenters. The molecule has 17 heavy (non-hydrogen) atoms. The van der Waals surface area contributed by atoms with E-state index in [0.717, 1.165) is 12.8 Å². The van der Waals surface area contributed by atoms with Crippen LogP contribution in [0.4, 0.5) is 0 Å². The summed E-state index contributed by atoms with van der Waals surface area (Å²) in [6.07, 6.45) is 3.70. The zero-order valence-corrected chi connectivity index (χ0v) is 10.5. The smallest absolute Gasteiger partial charge is 0.250 e. The van der Waals surface area contributed by atoms with Gasteiger partial charge in [-0.1, -0.05) is 19.9 Å². The topological polar surface area (TPSA) is 51.1 Å². The third-order valence-corrected chi connectivity index (χ3v) is 2.49. The van der Waals surface area contributed by atoms with Crippen LogP contribution in [0.3, 0.4) is 0 Å². The molecule has 1 aromatic heterocycles. The Morgan fingerprint density at radius 3 is 2.82 bits per heavy atom. The minimum atomic E-state index is -0.148. The van der Waals surface area contributed by atoms with Gasteiger partial charge in [0.15, 0.2) is 0 Å². The summed E-state index contributed by atoms with van der Waals surface area (Å²) in [6, 6.07) is 4.86. The number of hydrogen-bond donors (Lipinski definition) is 1. The molecule has 0 bridgehead atoms. The van der Waals surface area contributed by atoms with E-state index >= 15 is 0 Å². The normalized spacial score (nSPS) is 10.5. The van der Waals surface area contributed by atoms with Crippen molar-refractivity contribution in [2.24, 2.45) is 5.92 Å². The first-order valence-corrected chi connectivity index (χ1v) is 6.02. The molecule has 1 rings (SSSR count). The van der Waals surface area contributed by atoms with E-state index in [0.29, 0.717) is 12.5 Å². The van der Waals surface area contributed by atoms with E-state index in [1.54, 1.807) is 18.3 Å². The lowest BCUT2D eigenvalue weighted by molar-refractivity contribution is -0.121. The molecule has 0 saturated heterocycles. The molecule has 0 atom stereocenters. The summed E-state index contributed by atoms with van der Waals surface area (Å²) in [4.78, 5) is 22.9. The van der Waals surface area contributed by atoms with Crippen molar-refractivity contribution < 1.29 is 4.79 Å². The second kappa shape index (κ2) is 6.89. The van der Waals surface area contributed by atoms with Crippen molar-refractivity contribution in [1.82, 2.24) is 9.88 Å². The van der Waals surface area contributed by atoms with Crippen LogP contribution in [0.2, 0.25) is 0 Å². The predicted octanol–water partition coefficient (Wildman–Crippen LogP) is 1.40. The van der Waals surface area contributed by atoms with Gasteiger partial charge in [-0.15, -0.1) is 0 Å². The highest BCUT2D eigenvalue weighted by Crippen LogP contribution is 2.01. The van der Waals surface area contributed by atoms with Crippen LogP contribution >= 0.6 is 0 Å². The van der Waals surface area contributed by atoms with E-state index in [9.17, 15) is 9.59 Å². The zero-order chi connectivity index (χ0) is 12.7. The largest absolute Gasteiger partial charge is 0.355 e. The van der Waals surface area contributed by atoms with Gasteiger partial charge >= 0.3 is 0 Å². The molecule has 1 heterocycles. The number of rotatable bonds is 6. The number of aromatic nitrogens is 1. The Labute approximate surface area is 102 Å². The monoisotopic (exact) mass is 236 g/mol. The maximum absolute atomic E-state index is 11.5. The van der Waals surface area contributed by atoms with Gasteiger partial charge in [0.25, 0.3) is 5.56 Å². The van der Waals surface area contributed by atoms with Crippen LogP contribution in [-0.2, 0) is 11.3 Å². The highest BCUT2D eigenvalue weighted by molar-refractivity contribution is 5.75. The minimum absolute atomic E-state index is 0.0986. The molecular weight excluding hydrogens is 216 g/mol. The van der Waals surface area contributed by atoms with E-state index in [4.69, 9.17) is 0 Å². The molecule has 0 aliphatic carbocycles. The Bertz CT molecular complexity index is 410. The fraction of sp³-hybridized carbons (Fsp3) is 0.538.